The third kappa shape index (κ3) is 2.73. The van der Waals surface area contributed by atoms with Crippen LogP contribution in [0.15, 0.2) is 12.1 Å². The van der Waals surface area contributed by atoms with Crippen LogP contribution in [-0.2, 0) is 32.7 Å². The van der Waals surface area contributed by atoms with Crippen molar-refractivity contribution in [3.63, 3.8) is 0 Å². The average Bonchev–Trinajstić information content (AvgIpc) is 1.88. The summed E-state index contributed by atoms with van der Waals surface area (Å²) in [4.78, 5) is 3.33. The van der Waals surface area contributed by atoms with E-state index >= 15 is 0 Å². The zero-order chi connectivity index (χ0) is 7.56. The normalized spacial score (nSPS) is 8.09. The van der Waals surface area contributed by atoms with E-state index in [-0.39, 0.29) is 32.7 Å². The molecule has 0 unspecified atom stereocenters. The minimum absolute atomic E-state index is 0. The van der Waals surface area contributed by atoms with Gasteiger partial charge in [-0.05, 0) is 0 Å². The summed E-state index contributed by atoms with van der Waals surface area (Å²) in [7, 11) is 0. The van der Waals surface area contributed by atoms with E-state index in [1.807, 2.05) is 26.0 Å². The molecule has 1 rings (SSSR count). The Morgan fingerprint density at radius 2 is 2.00 bits per heavy atom. The molecule has 0 aromatic heterocycles. The Morgan fingerprint density at radius 3 is 2.45 bits per heavy atom. The van der Waals surface area contributed by atoms with Gasteiger partial charge in [-0.25, -0.2) is 4.85 Å². The molecule has 2 heteroatoms. The molecule has 0 N–H and O–H groups in total. The molecule has 0 aliphatic heterocycles. The third-order valence-electron chi connectivity index (χ3n) is 1.38. The summed E-state index contributed by atoms with van der Waals surface area (Å²) in [6, 6.07) is 6.81. The smallest absolute Gasteiger partial charge is 0.210 e. The van der Waals surface area contributed by atoms with Crippen LogP contribution in [0.5, 0.6) is 0 Å². The summed E-state index contributed by atoms with van der Waals surface area (Å²) in [6.45, 7) is 10.6. The van der Waals surface area contributed by atoms with Gasteiger partial charge in [0.25, 0.3) is 0 Å². The molecule has 0 heterocycles. The largest absolute Gasteiger partial charge is 0.210 e. The summed E-state index contributed by atoms with van der Waals surface area (Å²) in [6.07, 6.45) is 0. The summed E-state index contributed by atoms with van der Waals surface area (Å²) in [5, 5.41) is 0. The van der Waals surface area contributed by atoms with Gasteiger partial charge in [0, 0.05) is 32.7 Å². The Balaban J connectivity index is 0.000001000. The van der Waals surface area contributed by atoms with Crippen molar-refractivity contribution < 1.29 is 32.7 Å². The molecule has 1 nitrogen and oxygen atoms in total. The standard InChI is InChI=1S/C9H8N.Y/c1-7-4-5-9(10-3)8(2)6-7;/h4-5H,1-2H3;/q-1;. The molecule has 0 saturated heterocycles. The summed E-state index contributed by atoms with van der Waals surface area (Å²) >= 11 is 0. The van der Waals surface area contributed by atoms with Crippen LogP contribution in [0.3, 0.4) is 0 Å². The Bertz CT molecular complexity index is 286. The predicted octanol–water partition coefficient (Wildman–Crippen LogP) is 2.65. The zero-order valence-electron chi connectivity index (χ0n) is 6.68. The van der Waals surface area contributed by atoms with Gasteiger partial charge in [0.15, 0.2) is 0 Å². The van der Waals surface area contributed by atoms with Gasteiger partial charge < -0.3 is 0 Å². The van der Waals surface area contributed by atoms with Crippen LogP contribution in [0.2, 0.25) is 0 Å². The molecule has 53 valence electrons. The second kappa shape index (κ2) is 4.64. The maximum Gasteiger partial charge on any atom is 0.210 e. The second-order valence-corrected chi connectivity index (χ2v) is 2.26. The molecule has 0 fully saturated rings. The van der Waals surface area contributed by atoms with Crippen molar-refractivity contribution in [3.8, 4) is 0 Å². The van der Waals surface area contributed by atoms with E-state index in [9.17, 15) is 0 Å². The van der Waals surface area contributed by atoms with Crippen LogP contribution in [0.4, 0.5) is 5.69 Å². The molecule has 11 heavy (non-hydrogen) atoms. The van der Waals surface area contributed by atoms with Crippen LogP contribution in [-0.4, -0.2) is 0 Å². The van der Waals surface area contributed by atoms with Gasteiger partial charge in [0.2, 0.25) is 5.69 Å². The molecule has 1 aromatic carbocycles. The van der Waals surface area contributed by atoms with Crippen molar-refractivity contribution in [3.05, 3.63) is 40.7 Å². The first-order chi connectivity index (χ1) is 4.74. The molecule has 0 saturated carbocycles. The maximum atomic E-state index is 6.76. The van der Waals surface area contributed by atoms with Crippen LogP contribution < -0.4 is 0 Å². The van der Waals surface area contributed by atoms with Crippen molar-refractivity contribution in [2.24, 2.45) is 0 Å². The van der Waals surface area contributed by atoms with E-state index in [0.29, 0.717) is 5.69 Å². The second-order valence-electron chi connectivity index (χ2n) is 2.26. The van der Waals surface area contributed by atoms with Gasteiger partial charge in [-0.1, -0.05) is 25.5 Å². The first-order valence-electron chi connectivity index (χ1n) is 3.11. The van der Waals surface area contributed by atoms with Gasteiger partial charge >= 0.3 is 0 Å². The van der Waals surface area contributed by atoms with E-state index in [4.69, 9.17) is 6.57 Å². The summed E-state index contributed by atoms with van der Waals surface area (Å²) in [5.74, 6) is 0. The van der Waals surface area contributed by atoms with E-state index in [0.717, 1.165) is 11.1 Å². The Morgan fingerprint density at radius 1 is 1.36 bits per heavy atom. The fourth-order valence-corrected chi connectivity index (χ4v) is 0.852. The van der Waals surface area contributed by atoms with Crippen LogP contribution in [0, 0.1) is 26.5 Å². The van der Waals surface area contributed by atoms with Gasteiger partial charge in [-0.2, -0.15) is 17.7 Å². The summed E-state index contributed by atoms with van der Waals surface area (Å²) in [5.41, 5.74) is 2.73. The quantitative estimate of drug-likeness (QED) is 0.591. The fourth-order valence-electron chi connectivity index (χ4n) is 0.852. The zero-order valence-corrected chi connectivity index (χ0v) is 9.52. The van der Waals surface area contributed by atoms with Gasteiger partial charge in [0.1, 0.15) is 6.57 Å². The fraction of sp³-hybridized carbons (Fsp3) is 0.222. The Labute approximate surface area is 92.5 Å². The number of aryl methyl sites for hydroxylation is 2. The minimum atomic E-state index is 0. The van der Waals surface area contributed by atoms with Crippen LogP contribution >= 0.6 is 0 Å². The van der Waals surface area contributed by atoms with Crippen LogP contribution in [0.1, 0.15) is 11.1 Å². The first kappa shape index (κ1) is 10.8. The minimum Gasteiger partial charge on any atom is -0.210 e. The van der Waals surface area contributed by atoms with E-state index in [1.54, 1.807) is 0 Å². The number of hydrogen-bond acceptors (Lipinski definition) is 0. The molecule has 0 bridgehead atoms. The monoisotopic (exact) mass is 219 g/mol. The molecular formula is C9H8NY-. The summed E-state index contributed by atoms with van der Waals surface area (Å²) < 4.78 is 0. The van der Waals surface area contributed by atoms with Crippen LogP contribution in [0.25, 0.3) is 4.85 Å². The molecule has 0 amide bonds. The van der Waals surface area contributed by atoms with E-state index in [2.05, 4.69) is 10.9 Å². The molecule has 0 aliphatic rings. The van der Waals surface area contributed by atoms with Crippen molar-refractivity contribution in [1.82, 2.24) is 0 Å². The van der Waals surface area contributed by atoms with E-state index in [1.165, 1.54) is 0 Å². The SMILES string of the molecule is [C-]#[N+]c1ccc(C)[c-]c1C.[Y]. The Kier molecular flexibility index (Phi) is 4.56. The van der Waals surface area contributed by atoms with Crippen molar-refractivity contribution in [1.29, 1.82) is 0 Å². The first-order valence-corrected chi connectivity index (χ1v) is 3.11. The van der Waals surface area contributed by atoms with E-state index < -0.39 is 0 Å². The van der Waals surface area contributed by atoms with Gasteiger partial charge in [-0.3, -0.25) is 0 Å². The molecule has 0 aliphatic carbocycles. The molecule has 1 aromatic rings. The predicted molar refractivity (Wildman–Crippen MR) is 41.0 cm³/mol. The van der Waals surface area contributed by atoms with Crippen molar-refractivity contribution >= 4 is 5.69 Å². The van der Waals surface area contributed by atoms with Gasteiger partial charge in [0.05, 0.1) is 0 Å². The third-order valence-corrected chi connectivity index (χ3v) is 1.38. The van der Waals surface area contributed by atoms with Crippen molar-refractivity contribution in [2.45, 2.75) is 13.8 Å². The van der Waals surface area contributed by atoms with Crippen molar-refractivity contribution in [2.75, 3.05) is 0 Å². The number of nitrogens with zero attached hydrogens (tertiary/aromatic N) is 1. The number of hydrogen-bond donors (Lipinski definition) is 0. The Hall–Kier alpha value is -0.186. The number of benzene rings is 1. The molecule has 1 radical (unpaired) electrons. The molecule has 0 spiro atoms. The molecule has 0 atom stereocenters. The average molecular weight is 219 g/mol. The maximum absolute atomic E-state index is 6.76. The molecular weight excluding hydrogens is 211 g/mol. The topological polar surface area (TPSA) is 4.36 Å². The number of rotatable bonds is 0. The van der Waals surface area contributed by atoms with Gasteiger partial charge in [-0.15, -0.1) is 0 Å².